The van der Waals surface area contributed by atoms with Gasteiger partial charge in [0.15, 0.2) is 11.5 Å². The Morgan fingerprint density at radius 1 is 1.18 bits per heavy atom. The quantitative estimate of drug-likeness (QED) is 0.204. The number of ether oxygens (including phenoxy) is 2. The maximum atomic E-state index is 12.8. The van der Waals surface area contributed by atoms with Gasteiger partial charge in [-0.1, -0.05) is 62.7 Å². The summed E-state index contributed by atoms with van der Waals surface area (Å²) in [7, 11) is 1.53. The lowest BCUT2D eigenvalue weighted by atomic mass is 10.1. The molecule has 1 heterocycles. The molecule has 1 fully saturated rings. The smallest absolute Gasteiger partial charge is 0.327 e. The molecular weight excluding hydrogens is 478 g/mol. The van der Waals surface area contributed by atoms with Crippen LogP contribution in [0.15, 0.2) is 23.1 Å². The highest BCUT2D eigenvalue weighted by Gasteiger charge is 2.41. The fourth-order valence-electron chi connectivity index (χ4n) is 3.54. The number of methoxy groups -OCH3 is 1. The molecular formula is C24H31NO7S2. The number of thiocarbonyl (C=S) groups is 1. The first-order chi connectivity index (χ1) is 16.2. The number of benzene rings is 1. The summed E-state index contributed by atoms with van der Waals surface area (Å²) in [6.07, 6.45) is 7.78. The number of thioether (sulfide) groups is 1. The summed E-state index contributed by atoms with van der Waals surface area (Å²) in [6, 6.07) is 3.69. The van der Waals surface area contributed by atoms with Gasteiger partial charge in [-0.3, -0.25) is 14.5 Å². The topological polar surface area (TPSA) is 113 Å². The molecule has 1 aliphatic rings. The van der Waals surface area contributed by atoms with E-state index in [0.717, 1.165) is 29.5 Å². The number of carboxylic acids is 2. The van der Waals surface area contributed by atoms with Crippen LogP contribution in [0, 0.1) is 0 Å². The third-order valence-corrected chi connectivity index (χ3v) is 6.65. The summed E-state index contributed by atoms with van der Waals surface area (Å²) in [6.45, 7) is 4.21. The number of carbonyl (C=O) groups is 3. The van der Waals surface area contributed by atoms with Crippen LogP contribution in [0.25, 0.3) is 6.08 Å². The highest BCUT2D eigenvalue weighted by molar-refractivity contribution is 8.26. The average molecular weight is 510 g/mol. The number of unbranched alkanes of at least 4 members (excludes halogenated alkanes) is 4. The number of amides is 1. The van der Waals surface area contributed by atoms with Gasteiger partial charge in [0, 0.05) is 0 Å². The Hall–Kier alpha value is -2.59. The van der Waals surface area contributed by atoms with Crippen LogP contribution < -0.4 is 9.47 Å². The van der Waals surface area contributed by atoms with E-state index in [1.54, 1.807) is 24.3 Å². The zero-order valence-electron chi connectivity index (χ0n) is 19.6. The second-order valence-corrected chi connectivity index (χ2v) is 9.72. The molecule has 1 amide bonds. The summed E-state index contributed by atoms with van der Waals surface area (Å²) in [4.78, 5) is 36.4. The average Bonchev–Trinajstić information content (AvgIpc) is 3.05. The number of aliphatic carboxylic acids is 2. The lowest BCUT2D eigenvalue weighted by Gasteiger charge is -2.21. The minimum Gasteiger partial charge on any atom is -0.493 e. The van der Waals surface area contributed by atoms with Crippen molar-refractivity contribution < 1.29 is 34.1 Å². The molecule has 2 rings (SSSR count). The van der Waals surface area contributed by atoms with Crippen molar-refractivity contribution in [2.24, 2.45) is 0 Å². The first kappa shape index (κ1) is 27.7. The highest BCUT2D eigenvalue weighted by atomic mass is 32.2. The Balaban J connectivity index is 2.12. The SMILES string of the molecule is CCCCCCCC(C)Oc1ccc(C=C2SC(=S)N(C(CC(=O)O)C(=O)O)C2=O)cc1OC. The molecule has 2 unspecified atom stereocenters. The minimum absolute atomic E-state index is 0.00424. The predicted molar refractivity (Wildman–Crippen MR) is 135 cm³/mol. The van der Waals surface area contributed by atoms with Crippen LogP contribution in [-0.2, 0) is 14.4 Å². The summed E-state index contributed by atoms with van der Waals surface area (Å²) in [5, 5.41) is 18.4. The van der Waals surface area contributed by atoms with Gasteiger partial charge >= 0.3 is 11.9 Å². The molecule has 2 atom stereocenters. The van der Waals surface area contributed by atoms with Gasteiger partial charge < -0.3 is 19.7 Å². The molecule has 0 aliphatic carbocycles. The first-order valence-electron chi connectivity index (χ1n) is 11.2. The number of nitrogens with zero attached hydrogens (tertiary/aromatic N) is 1. The van der Waals surface area contributed by atoms with Crippen LogP contribution in [0.4, 0.5) is 0 Å². The van der Waals surface area contributed by atoms with Crippen LogP contribution in [-0.4, -0.2) is 56.5 Å². The summed E-state index contributed by atoms with van der Waals surface area (Å²) in [5.74, 6) is -2.29. The molecule has 1 aliphatic heterocycles. The fourth-order valence-corrected chi connectivity index (χ4v) is 4.89. The Morgan fingerprint density at radius 3 is 2.50 bits per heavy atom. The van der Waals surface area contributed by atoms with Crippen LogP contribution >= 0.6 is 24.0 Å². The first-order valence-corrected chi connectivity index (χ1v) is 12.5. The molecule has 0 radical (unpaired) electrons. The lowest BCUT2D eigenvalue weighted by molar-refractivity contribution is -0.150. The van der Waals surface area contributed by atoms with Gasteiger partial charge in [-0.2, -0.15) is 0 Å². The number of hydrogen-bond donors (Lipinski definition) is 2. The highest BCUT2D eigenvalue weighted by Crippen LogP contribution is 2.36. The molecule has 1 saturated heterocycles. The second kappa shape index (κ2) is 13.3. The molecule has 186 valence electrons. The normalized spacial score (nSPS) is 16.6. The third-order valence-electron chi connectivity index (χ3n) is 5.32. The molecule has 0 spiro atoms. The van der Waals surface area contributed by atoms with E-state index in [2.05, 4.69) is 6.92 Å². The number of rotatable bonds is 14. The summed E-state index contributed by atoms with van der Waals surface area (Å²) >= 11 is 6.09. The predicted octanol–water partition coefficient (Wildman–Crippen LogP) is 4.95. The van der Waals surface area contributed by atoms with E-state index >= 15 is 0 Å². The van der Waals surface area contributed by atoms with Crippen molar-refractivity contribution in [1.82, 2.24) is 4.90 Å². The molecule has 0 saturated carbocycles. The molecule has 8 nitrogen and oxygen atoms in total. The molecule has 34 heavy (non-hydrogen) atoms. The number of hydrogen-bond acceptors (Lipinski definition) is 7. The van der Waals surface area contributed by atoms with Gasteiger partial charge in [0.2, 0.25) is 0 Å². The largest absolute Gasteiger partial charge is 0.493 e. The maximum Gasteiger partial charge on any atom is 0.327 e. The van der Waals surface area contributed by atoms with Crippen molar-refractivity contribution in [3.8, 4) is 11.5 Å². The van der Waals surface area contributed by atoms with E-state index in [-0.39, 0.29) is 15.3 Å². The number of carbonyl (C=O) groups excluding carboxylic acids is 1. The van der Waals surface area contributed by atoms with Crippen LogP contribution in [0.5, 0.6) is 11.5 Å². The van der Waals surface area contributed by atoms with E-state index in [1.807, 2.05) is 6.92 Å². The Labute approximate surface area is 209 Å². The zero-order chi connectivity index (χ0) is 25.3. The number of carboxylic acid groups (broad SMARTS) is 2. The van der Waals surface area contributed by atoms with E-state index in [9.17, 15) is 19.5 Å². The Morgan fingerprint density at radius 2 is 1.88 bits per heavy atom. The van der Waals surface area contributed by atoms with Gasteiger partial charge in [-0.15, -0.1) is 0 Å². The standard InChI is InChI=1S/C24H31NO7S2/c1-4-5-6-7-8-9-15(2)32-18-11-10-16(12-19(18)31-3)13-20-22(28)25(24(33)34-20)17(23(29)30)14-21(26)27/h10-13,15,17H,4-9,14H2,1-3H3,(H,26,27)(H,29,30). The summed E-state index contributed by atoms with van der Waals surface area (Å²) in [5.41, 5.74) is 0.641. The Kier molecular flexibility index (Phi) is 10.8. The van der Waals surface area contributed by atoms with Crippen molar-refractivity contribution in [2.45, 2.75) is 70.9 Å². The van der Waals surface area contributed by atoms with Gasteiger partial charge in [-0.25, -0.2) is 4.79 Å². The molecule has 0 aromatic heterocycles. The van der Waals surface area contributed by atoms with E-state index in [1.165, 1.54) is 32.8 Å². The van der Waals surface area contributed by atoms with Gasteiger partial charge in [-0.05, 0) is 43.5 Å². The van der Waals surface area contributed by atoms with E-state index in [4.69, 9.17) is 26.8 Å². The van der Waals surface area contributed by atoms with Gasteiger partial charge in [0.05, 0.1) is 24.5 Å². The van der Waals surface area contributed by atoms with Crippen LogP contribution in [0.1, 0.15) is 64.4 Å². The van der Waals surface area contributed by atoms with E-state index in [0.29, 0.717) is 17.1 Å². The van der Waals surface area contributed by atoms with Crippen molar-refractivity contribution in [2.75, 3.05) is 7.11 Å². The van der Waals surface area contributed by atoms with Crippen molar-refractivity contribution in [3.63, 3.8) is 0 Å². The lowest BCUT2D eigenvalue weighted by Crippen LogP contribution is -2.45. The monoisotopic (exact) mass is 509 g/mol. The molecule has 10 heteroatoms. The van der Waals surface area contributed by atoms with Crippen LogP contribution in [0.2, 0.25) is 0 Å². The Bertz CT molecular complexity index is 947. The van der Waals surface area contributed by atoms with Crippen molar-refractivity contribution in [3.05, 3.63) is 28.7 Å². The van der Waals surface area contributed by atoms with E-state index < -0.39 is 30.3 Å². The van der Waals surface area contributed by atoms with Crippen molar-refractivity contribution >= 4 is 52.2 Å². The van der Waals surface area contributed by atoms with Gasteiger partial charge in [0.1, 0.15) is 10.4 Å². The maximum absolute atomic E-state index is 12.8. The van der Waals surface area contributed by atoms with Crippen LogP contribution in [0.3, 0.4) is 0 Å². The zero-order valence-corrected chi connectivity index (χ0v) is 21.2. The minimum atomic E-state index is -1.57. The third kappa shape index (κ3) is 7.73. The van der Waals surface area contributed by atoms with Gasteiger partial charge in [0.25, 0.3) is 5.91 Å². The molecule has 2 N–H and O–H groups in total. The summed E-state index contributed by atoms with van der Waals surface area (Å²) < 4.78 is 11.5. The second-order valence-electron chi connectivity index (χ2n) is 8.05. The molecule has 0 bridgehead atoms. The molecule has 1 aromatic rings. The molecule has 1 aromatic carbocycles. The fraction of sp³-hybridized carbons (Fsp3) is 0.500. The van der Waals surface area contributed by atoms with Crippen molar-refractivity contribution in [1.29, 1.82) is 0 Å².